The lowest BCUT2D eigenvalue weighted by Crippen LogP contribution is -2.44. The largest absolute Gasteiger partial charge is 0.484 e. The molecule has 1 heterocycles. The molecule has 0 bridgehead atoms. The van der Waals surface area contributed by atoms with Gasteiger partial charge in [-0.2, -0.15) is 0 Å². The van der Waals surface area contributed by atoms with Gasteiger partial charge in [-0.05, 0) is 59.1 Å². The summed E-state index contributed by atoms with van der Waals surface area (Å²) in [7, 11) is 0. The fraction of sp³-hybridized carbons (Fsp3) is 0.188. The molecule has 0 saturated heterocycles. The molecule has 2 rings (SSSR count). The number of ether oxygens (including phenoxy) is 1. The number of amides is 2. The molecule has 24 heavy (non-hydrogen) atoms. The molecule has 0 spiro atoms. The third-order valence-electron chi connectivity index (χ3n) is 3.21. The van der Waals surface area contributed by atoms with E-state index < -0.39 is 11.8 Å². The van der Waals surface area contributed by atoms with Gasteiger partial charge in [0.2, 0.25) is 0 Å². The van der Waals surface area contributed by atoms with E-state index in [0.717, 1.165) is 11.1 Å². The SMILES string of the molecule is Cc1ccc(OCC(=O)NNC(=O)c2cc(Br)cnc2Cl)cc1C. The third kappa shape index (κ3) is 4.94. The minimum atomic E-state index is -0.576. The number of aromatic nitrogens is 1. The Balaban J connectivity index is 1.85. The number of hydrogen-bond donors (Lipinski definition) is 2. The number of hydrazine groups is 1. The van der Waals surface area contributed by atoms with Gasteiger partial charge < -0.3 is 4.74 Å². The molecule has 1 aromatic carbocycles. The summed E-state index contributed by atoms with van der Waals surface area (Å²) in [6.07, 6.45) is 1.47. The normalized spacial score (nSPS) is 10.2. The van der Waals surface area contributed by atoms with Crippen molar-refractivity contribution in [3.05, 3.63) is 56.8 Å². The summed E-state index contributed by atoms with van der Waals surface area (Å²) < 4.78 is 5.97. The van der Waals surface area contributed by atoms with Crippen molar-refractivity contribution in [3.8, 4) is 5.75 Å². The summed E-state index contributed by atoms with van der Waals surface area (Å²) in [5.74, 6) is -0.493. The summed E-state index contributed by atoms with van der Waals surface area (Å²) in [5, 5.41) is 0.0383. The molecule has 2 aromatic rings. The van der Waals surface area contributed by atoms with Crippen molar-refractivity contribution in [2.75, 3.05) is 6.61 Å². The van der Waals surface area contributed by atoms with Crippen LogP contribution in [0.3, 0.4) is 0 Å². The van der Waals surface area contributed by atoms with Crippen molar-refractivity contribution < 1.29 is 14.3 Å². The van der Waals surface area contributed by atoms with Gasteiger partial charge in [-0.3, -0.25) is 20.4 Å². The van der Waals surface area contributed by atoms with Gasteiger partial charge in [-0.15, -0.1) is 0 Å². The predicted octanol–water partition coefficient (Wildman–Crippen LogP) is 2.95. The highest BCUT2D eigenvalue weighted by Crippen LogP contribution is 2.18. The summed E-state index contributed by atoms with van der Waals surface area (Å²) in [4.78, 5) is 27.6. The molecule has 0 atom stereocenters. The molecule has 126 valence electrons. The van der Waals surface area contributed by atoms with Gasteiger partial charge in [0.15, 0.2) is 6.61 Å². The zero-order valence-corrected chi connectivity index (χ0v) is 15.4. The Bertz CT molecular complexity index is 783. The number of rotatable bonds is 4. The topological polar surface area (TPSA) is 80.3 Å². The minimum absolute atomic E-state index is 0.0383. The second-order valence-corrected chi connectivity index (χ2v) is 6.30. The molecule has 0 radical (unpaired) electrons. The predicted molar refractivity (Wildman–Crippen MR) is 94.0 cm³/mol. The van der Waals surface area contributed by atoms with E-state index in [9.17, 15) is 9.59 Å². The van der Waals surface area contributed by atoms with Crippen LogP contribution in [0.5, 0.6) is 5.75 Å². The van der Waals surface area contributed by atoms with Gasteiger partial charge in [-0.1, -0.05) is 17.7 Å². The standard InChI is InChI=1S/C16H15BrClN3O3/c1-9-3-4-12(5-10(9)2)24-8-14(22)20-21-16(23)13-6-11(17)7-19-15(13)18/h3-7H,8H2,1-2H3,(H,20,22)(H,21,23). The van der Waals surface area contributed by atoms with E-state index in [1.807, 2.05) is 26.0 Å². The maximum atomic E-state index is 12.0. The van der Waals surface area contributed by atoms with Crippen LogP contribution in [0.1, 0.15) is 21.5 Å². The van der Waals surface area contributed by atoms with Gasteiger partial charge in [-0.25, -0.2) is 4.98 Å². The molecular weight excluding hydrogens is 398 g/mol. The molecule has 0 unspecified atom stereocenters. The van der Waals surface area contributed by atoms with Gasteiger partial charge in [0.05, 0.1) is 5.56 Å². The van der Waals surface area contributed by atoms with Crippen LogP contribution in [0.4, 0.5) is 0 Å². The molecule has 2 amide bonds. The van der Waals surface area contributed by atoms with Gasteiger partial charge in [0.1, 0.15) is 10.9 Å². The highest BCUT2D eigenvalue weighted by atomic mass is 79.9. The average Bonchev–Trinajstić information content (AvgIpc) is 2.56. The Morgan fingerprint density at radius 2 is 1.96 bits per heavy atom. The van der Waals surface area contributed by atoms with Gasteiger partial charge in [0.25, 0.3) is 11.8 Å². The maximum Gasteiger partial charge on any atom is 0.276 e. The number of benzene rings is 1. The molecule has 0 aliphatic heterocycles. The van der Waals surface area contributed by atoms with Crippen molar-refractivity contribution in [3.63, 3.8) is 0 Å². The molecule has 0 aliphatic carbocycles. The monoisotopic (exact) mass is 411 g/mol. The summed E-state index contributed by atoms with van der Waals surface area (Å²) in [6.45, 7) is 3.72. The minimum Gasteiger partial charge on any atom is -0.484 e. The van der Waals surface area contributed by atoms with Gasteiger partial charge in [0, 0.05) is 10.7 Å². The highest BCUT2D eigenvalue weighted by Gasteiger charge is 2.13. The molecule has 0 aliphatic rings. The number of hydrogen-bond acceptors (Lipinski definition) is 4. The van der Waals surface area contributed by atoms with E-state index >= 15 is 0 Å². The smallest absolute Gasteiger partial charge is 0.276 e. The first kappa shape index (κ1) is 18.2. The lowest BCUT2D eigenvalue weighted by molar-refractivity contribution is -0.123. The molecule has 2 N–H and O–H groups in total. The quantitative estimate of drug-likeness (QED) is 0.598. The van der Waals surface area contributed by atoms with Crippen molar-refractivity contribution in [2.24, 2.45) is 0 Å². The van der Waals surface area contributed by atoms with E-state index in [0.29, 0.717) is 10.2 Å². The molecule has 0 saturated carbocycles. The van der Waals surface area contributed by atoms with Crippen LogP contribution in [-0.2, 0) is 4.79 Å². The van der Waals surface area contributed by atoms with Crippen LogP contribution in [0, 0.1) is 13.8 Å². The lowest BCUT2D eigenvalue weighted by atomic mass is 10.1. The zero-order chi connectivity index (χ0) is 17.7. The van der Waals surface area contributed by atoms with Crippen LogP contribution in [0.2, 0.25) is 5.15 Å². The van der Waals surface area contributed by atoms with E-state index in [-0.39, 0.29) is 17.3 Å². The fourth-order valence-corrected chi connectivity index (χ4v) is 2.28. The summed E-state index contributed by atoms with van der Waals surface area (Å²) in [6, 6.07) is 7.03. The Morgan fingerprint density at radius 3 is 2.67 bits per heavy atom. The summed E-state index contributed by atoms with van der Waals surface area (Å²) >= 11 is 9.04. The van der Waals surface area contributed by atoms with Crippen LogP contribution in [0.25, 0.3) is 0 Å². The van der Waals surface area contributed by atoms with E-state index in [1.165, 1.54) is 12.3 Å². The first-order valence-electron chi connectivity index (χ1n) is 6.97. The molecule has 8 heteroatoms. The number of carbonyl (C=O) groups excluding carboxylic acids is 2. The Labute approximate surface area is 152 Å². The first-order chi connectivity index (χ1) is 11.4. The van der Waals surface area contributed by atoms with Crippen molar-refractivity contribution in [2.45, 2.75) is 13.8 Å². The molecule has 0 fully saturated rings. The van der Waals surface area contributed by atoms with Crippen molar-refractivity contribution in [1.29, 1.82) is 0 Å². The van der Waals surface area contributed by atoms with Crippen LogP contribution in [-0.4, -0.2) is 23.4 Å². The number of pyridine rings is 1. The average molecular weight is 413 g/mol. The van der Waals surface area contributed by atoms with Crippen molar-refractivity contribution in [1.82, 2.24) is 15.8 Å². The fourth-order valence-electron chi connectivity index (χ4n) is 1.76. The van der Waals surface area contributed by atoms with E-state index in [2.05, 4.69) is 31.8 Å². The highest BCUT2D eigenvalue weighted by molar-refractivity contribution is 9.10. The molecular formula is C16H15BrClN3O3. The van der Waals surface area contributed by atoms with Crippen LogP contribution >= 0.6 is 27.5 Å². The Morgan fingerprint density at radius 1 is 1.21 bits per heavy atom. The molecule has 1 aromatic heterocycles. The Hall–Kier alpha value is -2.12. The molecule has 6 nitrogen and oxygen atoms in total. The lowest BCUT2D eigenvalue weighted by Gasteiger charge is -2.10. The van der Waals surface area contributed by atoms with Gasteiger partial charge >= 0.3 is 0 Å². The number of aryl methyl sites for hydroxylation is 2. The third-order valence-corrected chi connectivity index (χ3v) is 3.95. The number of carbonyl (C=O) groups is 2. The van der Waals surface area contributed by atoms with Crippen molar-refractivity contribution >= 4 is 39.3 Å². The Kier molecular flexibility index (Phi) is 6.16. The van der Waals surface area contributed by atoms with E-state index in [1.54, 1.807) is 6.07 Å². The zero-order valence-electron chi connectivity index (χ0n) is 13.0. The van der Waals surface area contributed by atoms with Crippen LogP contribution in [0.15, 0.2) is 34.9 Å². The number of nitrogens with one attached hydrogen (secondary N) is 2. The second kappa shape index (κ2) is 8.12. The maximum absolute atomic E-state index is 12.0. The number of nitrogens with zero attached hydrogens (tertiary/aromatic N) is 1. The second-order valence-electron chi connectivity index (χ2n) is 5.03. The first-order valence-corrected chi connectivity index (χ1v) is 8.14. The number of halogens is 2. The van der Waals surface area contributed by atoms with E-state index in [4.69, 9.17) is 16.3 Å². The summed E-state index contributed by atoms with van der Waals surface area (Å²) in [5.41, 5.74) is 6.86. The van der Waals surface area contributed by atoms with Crippen LogP contribution < -0.4 is 15.6 Å².